The molecule has 1 N–H and O–H groups in total. The van der Waals surface area contributed by atoms with Crippen molar-refractivity contribution in [2.75, 3.05) is 0 Å². The molecule has 0 amide bonds. The highest BCUT2D eigenvalue weighted by molar-refractivity contribution is 7.71. The number of hydrogen-bond acceptors (Lipinski definition) is 3. The molecule has 0 spiro atoms. The van der Waals surface area contributed by atoms with Gasteiger partial charge in [0.1, 0.15) is 5.78 Å². The number of hydrogen-bond donors (Lipinski definition) is 1. The van der Waals surface area contributed by atoms with Gasteiger partial charge in [0.25, 0.3) is 5.56 Å². The van der Waals surface area contributed by atoms with Gasteiger partial charge in [0.15, 0.2) is 4.77 Å². The van der Waals surface area contributed by atoms with Gasteiger partial charge in [0, 0.05) is 13.0 Å². The van der Waals surface area contributed by atoms with Crippen molar-refractivity contribution in [2.45, 2.75) is 26.8 Å². The van der Waals surface area contributed by atoms with Crippen LogP contribution in [0.2, 0.25) is 0 Å². The quantitative estimate of drug-likeness (QED) is 0.393. The van der Waals surface area contributed by atoms with Crippen molar-refractivity contribution in [2.24, 2.45) is 0 Å². The van der Waals surface area contributed by atoms with Gasteiger partial charge in [-0.1, -0.05) is 54.6 Å². The van der Waals surface area contributed by atoms with Gasteiger partial charge >= 0.3 is 0 Å². The van der Waals surface area contributed by atoms with Crippen LogP contribution in [0.4, 0.5) is 0 Å². The van der Waals surface area contributed by atoms with Crippen LogP contribution >= 0.6 is 12.2 Å². The summed E-state index contributed by atoms with van der Waals surface area (Å²) in [6.07, 6.45) is 0.556. The molecule has 0 saturated heterocycles. The number of nitrogens with one attached hydrogen (secondary N) is 1. The maximum absolute atomic E-state index is 12.3. The Morgan fingerprint density at radius 2 is 1.61 bits per heavy atom. The lowest BCUT2D eigenvalue weighted by Gasteiger charge is -2.06. The standard InChI is InChI=1S/C14H12N2OS.C9H10O/c1-2-16-13(17)11-7-9-5-3-4-6-10(9)8-12(11)15-14(16)18;1-8(10)7-9-5-3-2-4-6-9/h3-8H,2H2,1H3,(H,15,18);2-6H,7H2,1H3. The van der Waals surface area contributed by atoms with E-state index in [9.17, 15) is 9.59 Å². The summed E-state index contributed by atoms with van der Waals surface area (Å²) in [5.74, 6) is 0.214. The number of carbonyl (C=O) groups excluding carboxylic acids is 1. The van der Waals surface area contributed by atoms with Crippen LogP contribution in [0.15, 0.2) is 71.5 Å². The van der Waals surface area contributed by atoms with E-state index in [0.717, 1.165) is 21.9 Å². The van der Waals surface area contributed by atoms with Gasteiger partial charge in [-0.05, 0) is 54.5 Å². The number of H-pyrrole nitrogens is 1. The van der Waals surface area contributed by atoms with Gasteiger partial charge in [0.2, 0.25) is 0 Å². The van der Waals surface area contributed by atoms with Gasteiger partial charge in [-0.2, -0.15) is 0 Å². The maximum atomic E-state index is 12.3. The van der Waals surface area contributed by atoms with Crippen molar-refractivity contribution in [3.05, 3.63) is 87.4 Å². The second-order valence-electron chi connectivity index (χ2n) is 6.59. The third-order valence-corrected chi connectivity index (χ3v) is 4.78. The molecule has 0 unspecified atom stereocenters. The van der Waals surface area contributed by atoms with Crippen molar-refractivity contribution < 1.29 is 4.79 Å². The molecule has 0 fully saturated rings. The Morgan fingerprint density at radius 1 is 1.00 bits per heavy atom. The number of Topliss-reactive ketones (excluding diaryl/α,β-unsaturated/α-hetero) is 1. The molecule has 1 heterocycles. The lowest BCUT2D eigenvalue weighted by molar-refractivity contribution is -0.116. The predicted octanol–water partition coefficient (Wildman–Crippen LogP) is 5.05. The second kappa shape index (κ2) is 8.76. The predicted molar refractivity (Wildman–Crippen MR) is 117 cm³/mol. The minimum Gasteiger partial charge on any atom is -0.332 e. The van der Waals surface area contributed by atoms with E-state index >= 15 is 0 Å². The fraction of sp³-hybridized carbons (Fsp3) is 0.174. The Labute approximate surface area is 168 Å². The van der Waals surface area contributed by atoms with E-state index in [4.69, 9.17) is 12.2 Å². The summed E-state index contributed by atoms with van der Waals surface area (Å²) >= 11 is 5.20. The molecular weight excluding hydrogens is 368 g/mol. The van der Waals surface area contributed by atoms with E-state index in [1.807, 2.05) is 73.7 Å². The molecule has 0 radical (unpaired) electrons. The summed E-state index contributed by atoms with van der Waals surface area (Å²) in [6, 6.07) is 21.6. The zero-order chi connectivity index (χ0) is 20.1. The molecule has 0 aliphatic rings. The van der Waals surface area contributed by atoms with E-state index in [1.165, 1.54) is 0 Å². The van der Waals surface area contributed by atoms with Crippen LogP contribution in [0.3, 0.4) is 0 Å². The molecule has 1 aromatic heterocycles. The Kier molecular flexibility index (Phi) is 6.16. The number of benzene rings is 3. The number of nitrogens with zero attached hydrogens (tertiary/aromatic N) is 1. The Bertz CT molecular complexity index is 1240. The molecular formula is C23H22N2O2S. The Balaban J connectivity index is 0.000000192. The summed E-state index contributed by atoms with van der Waals surface area (Å²) in [5.41, 5.74) is 1.87. The molecule has 4 rings (SSSR count). The fourth-order valence-electron chi connectivity index (χ4n) is 3.11. The van der Waals surface area contributed by atoms with Crippen molar-refractivity contribution in [1.29, 1.82) is 0 Å². The Morgan fingerprint density at radius 3 is 2.21 bits per heavy atom. The van der Waals surface area contributed by atoms with Gasteiger partial charge in [-0.15, -0.1) is 0 Å². The van der Waals surface area contributed by atoms with Crippen LogP contribution in [0.1, 0.15) is 19.4 Å². The lowest BCUT2D eigenvalue weighted by Crippen LogP contribution is -2.21. The highest BCUT2D eigenvalue weighted by Crippen LogP contribution is 2.19. The summed E-state index contributed by atoms with van der Waals surface area (Å²) in [5, 5.41) is 2.85. The summed E-state index contributed by atoms with van der Waals surface area (Å²) in [7, 11) is 0. The van der Waals surface area contributed by atoms with Crippen molar-refractivity contribution in [1.82, 2.24) is 9.55 Å². The minimum absolute atomic E-state index is 0.0259. The first-order valence-electron chi connectivity index (χ1n) is 9.18. The van der Waals surface area contributed by atoms with Crippen molar-refractivity contribution in [3.8, 4) is 0 Å². The first-order valence-corrected chi connectivity index (χ1v) is 9.59. The Hall–Kier alpha value is -3.05. The number of aromatic amines is 1. The molecule has 4 nitrogen and oxygen atoms in total. The van der Waals surface area contributed by atoms with Crippen LogP contribution < -0.4 is 5.56 Å². The molecule has 4 aromatic rings. The van der Waals surface area contributed by atoms with E-state index in [0.29, 0.717) is 23.1 Å². The monoisotopic (exact) mass is 390 g/mol. The lowest BCUT2D eigenvalue weighted by atomic mass is 10.1. The van der Waals surface area contributed by atoms with Gasteiger partial charge in [-0.25, -0.2) is 0 Å². The van der Waals surface area contributed by atoms with E-state index in [2.05, 4.69) is 4.98 Å². The average molecular weight is 391 g/mol. The van der Waals surface area contributed by atoms with Gasteiger partial charge in [0.05, 0.1) is 10.9 Å². The molecule has 0 aliphatic heterocycles. The molecule has 0 aliphatic carbocycles. The number of rotatable bonds is 3. The summed E-state index contributed by atoms with van der Waals surface area (Å²) < 4.78 is 2.05. The topological polar surface area (TPSA) is 54.9 Å². The van der Waals surface area contributed by atoms with E-state index in [-0.39, 0.29) is 11.3 Å². The first-order chi connectivity index (χ1) is 13.5. The normalized spacial score (nSPS) is 10.5. The van der Waals surface area contributed by atoms with Crippen LogP contribution in [0.25, 0.3) is 21.7 Å². The SMILES string of the molecule is CC(=O)Cc1ccccc1.CCn1c(=S)[nH]c2cc3ccccc3cc2c1=O. The smallest absolute Gasteiger partial charge is 0.262 e. The van der Waals surface area contributed by atoms with E-state index < -0.39 is 0 Å². The van der Waals surface area contributed by atoms with Crippen LogP contribution in [0, 0.1) is 4.77 Å². The molecule has 0 saturated carbocycles. The maximum Gasteiger partial charge on any atom is 0.262 e. The van der Waals surface area contributed by atoms with Crippen LogP contribution in [0.5, 0.6) is 0 Å². The third kappa shape index (κ3) is 4.43. The average Bonchev–Trinajstić information content (AvgIpc) is 2.68. The summed E-state index contributed by atoms with van der Waals surface area (Å²) in [4.78, 5) is 26.0. The molecule has 5 heteroatoms. The molecule has 142 valence electrons. The highest BCUT2D eigenvalue weighted by atomic mass is 32.1. The zero-order valence-electron chi connectivity index (χ0n) is 15.9. The third-order valence-electron chi connectivity index (χ3n) is 4.46. The van der Waals surface area contributed by atoms with Gasteiger partial charge < -0.3 is 4.98 Å². The van der Waals surface area contributed by atoms with Crippen molar-refractivity contribution in [3.63, 3.8) is 0 Å². The fourth-order valence-corrected chi connectivity index (χ4v) is 3.43. The molecule has 3 aromatic carbocycles. The highest BCUT2D eigenvalue weighted by Gasteiger charge is 2.05. The number of fused-ring (bicyclic) bond motifs is 2. The number of aromatic nitrogens is 2. The number of carbonyl (C=O) groups is 1. The first kappa shape index (κ1) is 19.7. The molecule has 0 bridgehead atoms. The molecule has 0 atom stereocenters. The second-order valence-corrected chi connectivity index (χ2v) is 6.98. The minimum atomic E-state index is -0.0259. The number of ketones is 1. The summed E-state index contributed by atoms with van der Waals surface area (Å²) in [6.45, 7) is 4.10. The van der Waals surface area contributed by atoms with Crippen molar-refractivity contribution >= 4 is 39.7 Å². The van der Waals surface area contributed by atoms with Crippen LogP contribution in [-0.4, -0.2) is 15.3 Å². The zero-order valence-corrected chi connectivity index (χ0v) is 16.8. The van der Waals surface area contributed by atoms with Crippen LogP contribution in [-0.2, 0) is 17.8 Å². The largest absolute Gasteiger partial charge is 0.332 e. The van der Waals surface area contributed by atoms with E-state index in [1.54, 1.807) is 11.5 Å². The van der Waals surface area contributed by atoms with Gasteiger partial charge in [-0.3, -0.25) is 14.2 Å². The molecule has 28 heavy (non-hydrogen) atoms.